The van der Waals surface area contributed by atoms with Crippen LogP contribution in [0.1, 0.15) is 29.2 Å². The molecule has 1 atom stereocenters. The molecule has 2 amide bonds. The molecule has 0 heterocycles. The molecule has 42 heavy (non-hydrogen) atoms. The van der Waals surface area contributed by atoms with Crippen molar-refractivity contribution in [2.75, 3.05) is 6.61 Å². The number of benzene rings is 3. The number of hydrogen-bond donors (Lipinski definition) is 5. The normalized spacial score (nSPS) is 11.1. The second kappa shape index (κ2) is 15.4. The summed E-state index contributed by atoms with van der Waals surface area (Å²) in [6.07, 6.45) is -5.56. The lowest BCUT2D eigenvalue weighted by atomic mass is 9.99. The fourth-order valence-corrected chi connectivity index (χ4v) is 3.57. The summed E-state index contributed by atoms with van der Waals surface area (Å²) in [6.45, 7) is 2.12. The number of nitrogens with zero attached hydrogens (tertiary/aromatic N) is 1. The van der Waals surface area contributed by atoms with Crippen LogP contribution in [0.15, 0.2) is 72.8 Å². The Labute approximate surface area is 239 Å². The van der Waals surface area contributed by atoms with Gasteiger partial charge < -0.3 is 26.2 Å². The topological polar surface area (TPSA) is 178 Å². The van der Waals surface area contributed by atoms with Crippen LogP contribution < -0.4 is 16.4 Å². The third-order valence-electron chi connectivity index (χ3n) is 5.58. The van der Waals surface area contributed by atoms with Crippen LogP contribution in [-0.4, -0.2) is 47.7 Å². The molecule has 10 nitrogen and oxygen atoms in total. The molecule has 0 aliphatic rings. The van der Waals surface area contributed by atoms with Crippen molar-refractivity contribution >= 4 is 23.8 Å². The summed E-state index contributed by atoms with van der Waals surface area (Å²) in [5.41, 5.74) is 10.1. The van der Waals surface area contributed by atoms with Crippen molar-refractivity contribution in [1.82, 2.24) is 10.6 Å². The Kier molecular flexibility index (Phi) is 12.1. The molecule has 0 unspecified atom stereocenters. The maximum atomic E-state index is 13.0. The fourth-order valence-electron chi connectivity index (χ4n) is 3.57. The number of nitrogen functional groups attached to an aromatic ring is 1. The smallest absolute Gasteiger partial charge is 0.475 e. The van der Waals surface area contributed by atoms with Crippen molar-refractivity contribution in [1.29, 1.82) is 10.7 Å². The number of hydrogen-bond acceptors (Lipinski definition) is 6. The SMILES string of the molecule is CCOC(=O)N[C@@H](Cc1cccc(C(=N)N)c1)C(=O)NCc1ccc(-c2ccccc2C#N)cc1.O=C(O)C(F)(F)F. The summed E-state index contributed by atoms with van der Waals surface area (Å²) in [5.74, 6) is -3.20. The monoisotopic (exact) mass is 583 g/mol. The minimum Gasteiger partial charge on any atom is -0.475 e. The molecule has 0 aliphatic heterocycles. The van der Waals surface area contributed by atoms with Gasteiger partial charge in [0.15, 0.2) is 0 Å². The zero-order chi connectivity index (χ0) is 31.3. The van der Waals surface area contributed by atoms with Gasteiger partial charge in [-0.15, -0.1) is 0 Å². The Morgan fingerprint density at radius 3 is 2.26 bits per heavy atom. The number of alkyl halides is 3. The highest BCUT2D eigenvalue weighted by atomic mass is 19.4. The van der Waals surface area contributed by atoms with Crippen LogP contribution in [0.4, 0.5) is 18.0 Å². The average molecular weight is 584 g/mol. The number of carboxylic acid groups (broad SMARTS) is 1. The predicted octanol–water partition coefficient (Wildman–Crippen LogP) is 4.12. The van der Waals surface area contributed by atoms with Crippen LogP contribution in [0.25, 0.3) is 11.1 Å². The Bertz CT molecular complexity index is 1450. The molecule has 0 saturated carbocycles. The molecular weight excluding hydrogens is 555 g/mol. The van der Waals surface area contributed by atoms with Crippen molar-refractivity contribution in [3.05, 3.63) is 95.1 Å². The van der Waals surface area contributed by atoms with Gasteiger partial charge in [-0.1, -0.05) is 60.7 Å². The van der Waals surface area contributed by atoms with E-state index in [9.17, 15) is 28.0 Å². The van der Waals surface area contributed by atoms with E-state index in [4.69, 9.17) is 25.8 Å². The van der Waals surface area contributed by atoms with Gasteiger partial charge in [0.05, 0.1) is 18.2 Å². The van der Waals surface area contributed by atoms with Crippen LogP contribution >= 0.6 is 0 Å². The number of carbonyl (C=O) groups is 3. The first-order valence-electron chi connectivity index (χ1n) is 12.4. The quantitative estimate of drug-likeness (QED) is 0.186. The standard InChI is InChI=1S/C27H27N5O3.C2HF3O2/c1-2-35-27(34)32-24(15-19-6-5-8-21(14-19)25(29)30)26(33)31-17-18-10-12-20(13-11-18)23-9-4-3-7-22(23)16-28;3-2(4,5)1(6)7/h3-14,24H,2,15,17H2,1H3,(H3,29,30)(H,31,33)(H,32,34);(H,6,7)/t24-;/m0./s1. The van der Waals surface area contributed by atoms with Crippen molar-refractivity contribution in [3.8, 4) is 17.2 Å². The number of carbonyl (C=O) groups excluding carboxylic acids is 2. The first-order valence-corrected chi connectivity index (χ1v) is 12.4. The Morgan fingerprint density at radius 2 is 1.69 bits per heavy atom. The minimum atomic E-state index is -5.08. The summed E-state index contributed by atoms with van der Waals surface area (Å²) in [6, 6.07) is 23.2. The zero-order valence-corrected chi connectivity index (χ0v) is 22.4. The molecular formula is C29H28F3N5O5. The lowest BCUT2D eigenvalue weighted by Gasteiger charge is -2.19. The number of halogens is 3. The molecule has 0 saturated heterocycles. The molecule has 0 radical (unpaired) electrons. The van der Waals surface area contributed by atoms with Gasteiger partial charge in [-0.2, -0.15) is 18.4 Å². The van der Waals surface area contributed by atoms with Gasteiger partial charge in [-0.25, -0.2) is 9.59 Å². The Balaban J connectivity index is 0.000000782. The van der Waals surface area contributed by atoms with Gasteiger partial charge in [-0.3, -0.25) is 10.2 Å². The molecule has 0 aromatic heterocycles. The maximum absolute atomic E-state index is 13.0. The number of amides is 2. The highest BCUT2D eigenvalue weighted by Gasteiger charge is 2.38. The predicted molar refractivity (Wildman–Crippen MR) is 147 cm³/mol. The van der Waals surface area contributed by atoms with E-state index in [1.165, 1.54) is 0 Å². The number of carboxylic acids is 1. The number of amidine groups is 1. The first-order chi connectivity index (χ1) is 19.8. The molecule has 13 heteroatoms. The van der Waals surface area contributed by atoms with Gasteiger partial charge in [0.25, 0.3) is 0 Å². The van der Waals surface area contributed by atoms with E-state index in [1.807, 2.05) is 42.5 Å². The summed E-state index contributed by atoms with van der Waals surface area (Å²) >= 11 is 0. The second-order valence-electron chi connectivity index (χ2n) is 8.61. The number of alkyl carbamates (subject to hydrolysis) is 1. The number of nitrogens with two attached hydrogens (primary N) is 1. The lowest BCUT2D eigenvalue weighted by Crippen LogP contribution is -2.48. The minimum absolute atomic E-state index is 0.0768. The van der Waals surface area contributed by atoms with E-state index < -0.39 is 24.3 Å². The van der Waals surface area contributed by atoms with Gasteiger partial charge in [0, 0.05) is 18.5 Å². The molecule has 3 aromatic carbocycles. The summed E-state index contributed by atoms with van der Waals surface area (Å²) in [5, 5.41) is 29.5. The number of rotatable bonds is 9. The summed E-state index contributed by atoms with van der Waals surface area (Å²) < 4.78 is 36.7. The molecule has 6 N–H and O–H groups in total. The molecule has 0 spiro atoms. The molecule has 0 aliphatic carbocycles. The Hall–Kier alpha value is -5.38. The molecule has 0 fully saturated rings. The van der Waals surface area contributed by atoms with E-state index in [-0.39, 0.29) is 31.3 Å². The van der Waals surface area contributed by atoms with Crippen LogP contribution in [0, 0.1) is 16.7 Å². The third kappa shape index (κ3) is 10.3. The van der Waals surface area contributed by atoms with Gasteiger partial charge in [0.1, 0.15) is 11.9 Å². The van der Waals surface area contributed by atoms with Crippen LogP contribution in [0.5, 0.6) is 0 Å². The van der Waals surface area contributed by atoms with Crippen molar-refractivity contribution in [3.63, 3.8) is 0 Å². The molecule has 220 valence electrons. The number of ether oxygens (including phenoxy) is 1. The van der Waals surface area contributed by atoms with Crippen molar-refractivity contribution in [2.45, 2.75) is 32.1 Å². The molecule has 3 rings (SSSR count). The van der Waals surface area contributed by atoms with Gasteiger partial charge in [0.2, 0.25) is 5.91 Å². The zero-order valence-electron chi connectivity index (χ0n) is 22.4. The van der Waals surface area contributed by atoms with E-state index in [0.29, 0.717) is 11.1 Å². The number of nitrogens with one attached hydrogen (secondary N) is 3. The maximum Gasteiger partial charge on any atom is 0.490 e. The number of aliphatic carboxylic acids is 1. The van der Waals surface area contributed by atoms with E-state index in [2.05, 4.69) is 16.7 Å². The third-order valence-corrected chi connectivity index (χ3v) is 5.58. The average Bonchev–Trinajstić information content (AvgIpc) is 2.96. The van der Waals surface area contributed by atoms with Gasteiger partial charge in [-0.05, 0) is 41.3 Å². The van der Waals surface area contributed by atoms with Crippen molar-refractivity contribution in [2.24, 2.45) is 5.73 Å². The van der Waals surface area contributed by atoms with E-state index >= 15 is 0 Å². The number of nitriles is 1. The van der Waals surface area contributed by atoms with Gasteiger partial charge >= 0.3 is 18.2 Å². The van der Waals surface area contributed by atoms with Crippen LogP contribution in [0.2, 0.25) is 0 Å². The second-order valence-corrected chi connectivity index (χ2v) is 8.61. The summed E-state index contributed by atoms with van der Waals surface area (Å²) in [4.78, 5) is 33.9. The fraction of sp³-hybridized carbons (Fsp3) is 0.207. The van der Waals surface area contributed by atoms with E-state index in [0.717, 1.165) is 22.3 Å². The molecule has 3 aromatic rings. The Morgan fingerprint density at radius 1 is 1.05 bits per heavy atom. The van der Waals surface area contributed by atoms with Crippen LogP contribution in [-0.2, 0) is 27.3 Å². The van der Waals surface area contributed by atoms with E-state index in [1.54, 1.807) is 37.3 Å². The summed E-state index contributed by atoms with van der Waals surface area (Å²) in [7, 11) is 0. The molecule has 0 bridgehead atoms. The lowest BCUT2D eigenvalue weighted by molar-refractivity contribution is -0.192. The highest BCUT2D eigenvalue weighted by molar-refractivity contribution is 5.95. The van der Waals surface area contributed by atoms with Crippen molar-refractivity contribution < 1.29 is 37.4 Å². The largest absolute Gasteiger partial charge is 0.490 e. The highest BCUT2D eigenvalue weighted by Crippen LogP contribution is 2.23. The van der Waals surface area contributed by atoms with Crippen LogP contribution in [0.3, 0.4) is 0 Å². The first kappa shape index (κ1) is 32.8.